The molecule has 12 heavy (non-hydrogen) atoms. The number of carbonyl (C=O) groups is 1. The molecule has 0 saturated carbocycles. The van der Waals surface area contributed by atoms with Crippen molar-refractivity contribution in [1.82, 2.24) is 0 Å². The normalized spacial score (nSPS) is 29.2. The highest BCUT2D eigenvalue weighted by molar-refractivity contribution is 5.50. The smallest absolute Gasteiger partial charge is 0.147 e. The lowest BCUT2D eigenvalue weighted by Crippen LogP contribution is -2.31. The molecule has 4 heteroatoms. The van der Waals surface area contributed by atoms with Crippen molar-refractivity contribution in [3.63, 3.8) is 0 Å². The summed E-state index contributed by atoms with van der Waals surface area (Å²) in [5.41, 5.74) is 0. The first-order valence-electron chi connectivity index (χ1n) is 3.90. The van der Waals surface area contributed by atoms with Crippen LogP contribution in [0.1, 0.15) is 19.3 Å². The van der Waals surface area contributed by atoms with E-state index in [0.29, 0.717) is 19.3 Å². The Kier molecular flexibility index (Phi) is 3.71. The van der Waals surface area contributed by atoms with Crippen molar-refractivity contribution >= 4 is 6.29 Å². The first-order chi connectivity index (χ1) is 5.86. The maximum atomic E-state index is 10.2. The van der Waals surface area contributed by atoms with Crippen LogP contribution in [0.3, 0.4) is 0 Å². The molecular weight excluding hydrogens is 158 g/mol. The molecule has 0 unspecified atom stereocenters. The van der Waals surface area contributed by atoms with Gasteiger partial charge in [0.1, 0.15) is 13.1 Å². The average molecular weight is 169 g/mol. The Labute approximate surface area is 71.1 Å². The molecule has 1 saturated heterocycles. The average Bonchev–Trinajstić information content (AvgIpc) is 2.06. The predicted octanol–water partition coefficient (Wildman–Crippen LogP) is 0.621. The van der Waals surface area contributed by atoms with Gasteiger partial charge >= 0.3 is 0 Å². The molecule has 2 atom stereocenters. The number of hydrogen-bond acceptors (Lipinski definition) is 4. The summed E-state index contributed by atoms with van der Waals surface area (Å²) in [6.45, 7) is 0.199. The van der Waals surface area contributed by atoms with Crippen LogP contribution in [0.15, 0.2) is 0 Å². The van der Waals surface area contributed by atoms with Crippen molar-refractivity contribution < 1.29 is 14.3 Å². The zero-order valence-corrected chi connectivity index (χ0v) is 6.73. The molecule has 1 aliphatic rings. The third kappa shape index (κ3) is 2.61. The van der Waals surface area contributed by atoms with Crippen molar-refractivity contribution in [2.24, 2.45) is 0 Å². The first-order valence-corrected chi connectivity index (χ1v) is 3.90. The van der Waals surface area contributed by atoms with Crippen LogP contribution in [0.25, 0.3) is 0 Å². The van der Waals surface area contributed by atoms with Gasteiger partial charge in [-0.25, -0.2) is 0 Å². The Morgan fingerprint density at radius 1 is 1.50 bits per heavy atom. The summed E-state index contributed by atoms with van der Waals surface area (Å²) in [6, 6.07) is 2.03. The van der Waals surface area contributed by atoms with Gasteiger partial charge in [0, 0.05) is 12.8 Å². The second-order valence-electron chi connectivity index (χ2n) is 2.70. The van der Waals surface area contributed by atoms with E-state index in [4.69, 9.17) is 14.7 Å². The molecule has 0 N–H and O–H groups in total. The molecule has 0 aromatic rings. The molecule has 0 aromatic heterocycles. The highest BCUT2D eigenvalue weighted by atomic mass is 16.7. The molecule has 1 heterocycles. The molecule has 1 aliphatic heterocycles. The van der Waals surface area contributed by atoms with E-state index in [1.807, 2.05) is 6.07 Å². The van der Waals surface area contributed by atoms with Crippen LogP contribution >= 0.6 is 0 Å². The molecule has 66 valence electrons. The fourth-order valence-corrected chi connectivity index (χ4v) is 1.18. The maximum absolute atomic E-state index is 10.2. The monoisotopic (exact) mass is 169 g/mol. The van der Waals surface area contributed by atoms with Crippen molar-refractivity contribution in [3.05, 3.63) is 0 Å². The van der Waals surface area contributed by atoms with Gasteiger partial charge in [-0.15, -0.1) is 0 Å². The van der Waals surface area contributed by atoms with Crippen LogP contribution in [0.2, 0.25) is 0 Å². The molecule has 0 radical (unpaired) electrons. The van der Waals surface area contributed by atoms with Gasteiger partial charge < -0.3 is 14.3 Å². The SMILES string of the molecule is N#CC[C@@H]1C[C@H](CC=O)OCO1. The summed E-state index contributed by atoms with van der Waals surface area (Å²) in [5, 5.41) is 8.39. The number of aldehydes is 1. The van der Waals surface area contributed by atoms with Crippen molar-refractivity contribution in [2.45, 2.75) is 31.5 Å². The van der Waals surface area contributed by atoms with E-state index < -0.39 is 0 Å². The van der Waals surface area contributed by atoms with Crippen LogP contribution in [-0.2, 0) is 14.3 Å². The van der Waals surface area contributed by atoms with Gasteiger partial charge in [-0.2, -0.15) is 5.26 Å². The number of ether oxygens (including phenoxy) is 2. The van der Waals surface area contributed by atoms with Crippen molar-refractivity contribution in [3.8, 4) is 6.07 Å². The van der Waals surface area contributed by atoms with Crippen LogP contribution in [0.5, 0.6) is 0 Å². The maximum Gasteiger partial charge on any atom is 0.147 e. The summed E-state index contributed by atoms with van der Waals surface area (Å²) < 4.78 is 10.3. The predicted molar refractivity (Wildman–Crippen MR) is 40.1 cm³/mol. The zero-order chi connectivity index (χ0) is 8.81. The van der Waals surface area contributed by atoms with E-state index in [2.05, 4.69) is 0 Å². The van der Waals surface area contributed by atoms with Crippen molar-refractivity contribution in [2.75, 3.05) is 6.79 Å². The Balaban J connectivity index is 2.30. The second-order valence-corrected chi connectivity index (χ2v) is 2.70. The molecular formula is C8H11NO3. The molecule has 0 amide bonds. The summed E-state index contributed by atoms with van der Waals surface area (Å²) in [4.78, 5) is 10.2. The molecule has 0 aromatic carbocycles. The topological polar surface area (TPSA) is 59.3 Å². The summed E-state index contributed by atoms with van der Waals surface area (Å²) in [6.07, 6.45) is 2.12. The van der Waals surface area contributed by atoms with Gasteiger partial charge in [0.15, 0.2) is 0 Å². The number of hydrogen-bond donors (Lipinski definition) is 0. The lowest BCUT2D eigenvalue weighted by atomic mass is 10.1. The number of nitriles is 1. The van der Waals surface area contributed by atoms with Crippen LogP contribution in [-0.4, -0.2) is 25.3 Å². The Morgan fingerprint density at radius 2 is 2.25 bits per heavy atom. The largest absolute Gasteiger partial charge is 0.352 e. The Hall–Kier alpha value is -0.920. The van der Waals surface area contributed by atoms with E-state index in [-0.39, 0.29) is 19.0 Å². The van der Waals surface area contributed by atoms with Gasteiger partial charge in [0.05, 0.1) is 24.7 Å². The van der Waals surface area contributed by atoms with Gasteiger partial charge in [0.25, 0.3) is 0 Å². The van der Waals surface area contributed by atoms with E-state index in [1.165, 1.54) is 0 Å². The third-order valence-electron chi connectivity index (χ3n) is 1.81. The van der Waals surface area contributed by atoms with Gasteiger partial charge in [-0.3, -0.25) is 0 Å². The fourth-order valence-electron chi connectivity index (χ4n) is 1.18. The van der Waals surface area contributed by atoms with Crippen molar-refractivity contribution in [1.29, 1.82) is 5.26 Å². The van der Waals surface area contributed by atoms with E-state index in [0.717, 1.165) is 6.29 Å². The minimum Gasteiger partial charge on any atom is -0.352 e. The lowest BCUT2D eigenvalue weighted by Gasteiger charge is -2.27. The summed E-state index contributed by atoms with van der Waals surface area (Å²) >= 11 is 0. The summed E-state index contributed by atoms with van der Waals surface area (Å²) in [7, 11) is 0. The first kappa shape index (κ1) is 9.17. The molecule has 0 aliphatic carbocycles. The summed E-state index contributed by atoms with van der Waals surface area (Å²) in [5.74, 6) is 0. The number of nitrogens with zero attached hydrogens (tertiary/aromatic N) is 1. The highest BCUT2D eigenvalue weighted by Gasteiger charge is 2.22. The molecule has 0 spiro atoms. The minimum atomic E-state index is -0.0614. The van der Waals surface area contributed by atoms with Crippen LogP contribution in [0.4, 0.5) is 0 Å². The molecule has 1 rings (SSSR count). The fraction of sp³-hybridized carbons (Fsp3) is 0.750. The van der Waals surface area contributed by atoms with E-state index >= 15 is 0 Å². The van der Waals surface area contributed by atoms with Gasteiger partial charge in [0.2, 0.25) is 0 Å². The quantitative estimate of drug-likeness (QED) is 0.581. The molecule has 1 fully saturated rings. The molecule has 0 bridgehead atoms. The zero-order valence-electron chi connectivity index (χ0n) is 6.73. The Bertz CT molecular complexity index is 187. The van der Waals surface area contributed by atoms with Gasteiger partial charge in [-0.05, 0) is 0 Å². The second kappa shape index (κ2) is 4.86. The standard InChI is InChI=1S/C8H11NO3/c9-3-1-7-5-8(2-4-10)12-6-11-7/h4,7-8H,1-2,5-6H2/t7-,8+/m1/s1. The number of carbonyl (C=O) groups excluding carboxylic acids is 1. The van der Waals surface area contributed by atoms with E-state index in [9.17, 15) is 4.79 Å². The van der Waals surface area contributed by atoms with Crippen LogP contribution in [0, 0.1) is 11.3 Å². The third-order valence-corrected chi connectivity index (χ3v) is 1.81. The van der Waals surface area contributed by atoms with E-state index in [1.54, 1.807) is 0 Å². The Morgan fingerprint density at radius 3 is 2.92 bits per heavy atom. The number of rotatable bonds is 3. The lowest BCUT2D eigenvalue weighted by molar-refractivity contribution is -0.174. The molecule has 4 nitrogen and oxygen atoms in total. The minimum absolute atomic E-state index is 0.0606. The van der Waals surface area contributed by atoms with Crippen LogP contribution < -0.4 is 0 Å². The highest BCUT2D eigenvalue weighted by Crippen LogP contribution is 2.17. The van der Waals surface area contributed by atoms with Gasteiger partial charge in [-0.1, -0.05) is 0 Å².